The Morgan fingerprint density at radius 3 is 2.76 bits per heavy atom. The van der Waals surface area contributed by atoms with Gasteiger partial charge in [0.1, 0.15) is 11.4 Å². The lowest BCUT2D eigenvalue weighted by Crippen LogP contribution is -2.32. The lowest BCUT2D eigenvalue weighted by atomic mass is 9.83. The average molecular weight is 345 g/mol. The minimum absolute atomic E-state index is 0.00294. The molecule has 0 radical (unpaired) electrons. The number of pyridine rings is 1. The largest absolute Gasteiger partial charge is 0.477 e. The number of hydrogen-bond donors (Lipinski definition) is 4. The summed E-state index contributed by atoms with van der Waals surface area (Å²) in [6.45, 7) is 1.58. The monoisotopic (exact) mass is 345 g/mol. The van der Waals surface area contributed by atoms with Crippen molar-refractivity contribution in [3.05, 3.63) is 45.0 Å². The summed E-state index contributed by atoms with van der Waals surface area (Å²) in [7, 11) is 0. The Balaban J connectivity index is 2.03. The summed E-state index contributed by atoms with van der Waals surface area (Å²) in [5.74, 6) is -1.81. The summed E-state index contributed by atoms with van der Waals surface area (Å²) >= 11 is 0. The van der Waals surface area contributed by atoms with Crippen LogP contribution in [0.1, 0.15) is 53.1 Å². The molecule has 2 aromatic rings. The van der Waals surface area contributed by atoms with E-state index in [-0.39, 0.29) is 11.3 Å². The topological polar surface area (TPSA) is 108 Å². The molecule has 1 atom stereocenters. The SMILES string of the molecule is NC1(c2c(C3CCCNC3)c(F)cc3c(=O)c(C(=O)O)c[nH]c23)CC1. The molecule has 1 saturated heterocycles. The molecule has 6 nitrogen and oxygen atoms in total. The van der Waals surface area contributed by atoms with Crippen molar-refractivity contribution in [3.63, 3.8) is 0 Å². The molecule has 7 heteroatoms. The lowest BCUT2D eigenvalue weighted by molar-refractivity contribution is 0.0695. The van der Waals surface area contributed by atoms with Crippen LogP contribution >= 0.6 is 0 Å². The van der Waals surface area contributed by atoms with Gasteiger partial charge in [-0.05, 0) is 49.8 Å². The first-order valence-corrected chi connectivity index (χ1v) is 8.53. The molecular formula is C18H20FN3O3. The Labute approximate surface area is 143 Å². The molecule has 0 amide bonds. The number of nitrogens with one attached hydrogen (secondary N) is 2. The van der Waals surface area contributed by atoms with Crippen LogP contribution in [0.5, 0.6) is 0 Å². The summed E-state index contributed by atoms with van der Waals surface area (Å²) < 4.78 is 15.1. The molecule has 0 spiro atoms. The number of benzene rings is 1. The molecular weight excluding hydrogens is 325 g/mol. The van der Waals surface area contributed by atoms with E-state index in [4.69, 9.17) is 10.8 Å². The van der Waals surface area contributed by atoms with Gasteiger partial charge in [-0.1, -0.05) is 0 Å². The van der Waals surface area contributed by atoms with Crippen molar-refractivity contribution >= 4 is 16.9 Å². The third kappa shape index (κ3) is 2.54. The van der Waals surface area contributed by atoms with Crippen LogP contribution in [-0.4, -0.2) is 29.1 Å². The molecule has 0 bridgehead atoms. The maximum absolute atomic E-state index is 15.1. The van der Waals surface area contributed by atoms with E-state index in [1.165, 1.54) is 12.3 Å². The van der Waals surface area contributed by atoms with Crippen molar-refractivity contribution in [3.8, 4) is 0 Å². The Bertz CT molecular complexity index is 927. The van der Waals surface area contributed by atoms with Crippen molar-refractivity contribution in [2.45, 2.75) is 37.1 Å². The first kappa shape index (κ1) is 16.2. The summed E-state index contributed by atoms with van der Waals surface area (Å²) in [6, 6.07) is 1.17. The Morgan fingerprint density at radius 2 is 2.16 bits per heavy atom. The fourth-order valence-electron chi connectivity index (χ4n) is 3.91. The number of nitrogens with two attached hydrogens (primary N) is 1. The Kier molecular flexibility index (Phi) is 3.66. The van der Waals surface area contributed by atoms with Crippen LogP contribution in [-0.2, 0) is 5.54 Å². The first-order valence-electron chi connectivity index (χ1n) is 8.53. The minimum atomic E-state index is -1.33. The molecule has 2 aliphatic rings. The third-order valence-corrected chi connectivity index (χ3v) is 5.39. The van der Waals surface area contributed by atoms with Crippen molar-refractivity contribution < 1.29 is 14.3 Å². The van der Waals surface area contributed by atoms with Crippen molar-refractivity contribution in [1.29, 1.82) is 0 Å². The molecule has 1 aliphatic heterocycles. The van der Waals surface area contributed by atoms with Crippen LogP contribution in [0.25, 0.3) is 10.9 Å². The predicted octanol–water partition coefficient (Wildman–Crippen LogP) is 1.78. The standard InChI is InChI=1S/C18H20FN3O3/c19-12-6-10-15(22-8-11(16(10)23)17(24)25)14(18(20)3-4-18)13(12)9-2-1-5-21-7-9/h6,8-9,21H,1-5,7,20H2,(H,22,23)(H,24,25). The van der Waals surface area contributed by atoms with Crippen molar-refractivity contribution in [2.75, 3.05) is 13.1 Å². The second-order valence-corrected chi connectivity index (χ2v) is 7.11. The average Bonchev–Trinajstić information content (AvgIpc) is 3.33. The van der Waals surface area contributed by atoms with Gasteiger partial charge in [-0.15, -0.1) is 0 Å². The molecule has 1 aliphatic carbocycles. The molecule has 25 heavy (non-hydrogen) atoms. The maximum Gasteiger partial charge on any atom is 0.341 e. The molecule has 4 rings (SSSR count). The number of carbonyl (C=O) groups is 1. The van der Waals surface area contributed by atoms with E-state index in [2.05, 4.69) is 10.3 Å². The van der Waals surface area contributed by atoms with E-state index in [9.17, 15) is 9.59 Å². The van der Waals surface area contributed by atoms with Gasteiger partial charge in [-0.25, -0.2) is 9.18 Å². The molecule has 1 aromatic carbocycles. The Hall–Kier alpha value is -2.25. The van der Waals surface area contributed by atoms with Gasteiger partial charge in [0, 0.05) is 29.2 Å². The van der Waals surface area contributed by atoms with Gasteiger partial charge in [0.15, 0.2) is 0 Å². The van der Waals surface area contributed by atoms with E-state index in [0.29, 0.717) is 23.2 Å². The number of carboxylic acid groups (broad SMARTS) is 1. The van der Waals surface area contributed by atoms with Crippen LogP contribution in [0.4, 0.5) is 4.39 Å². The Morgan fingerprint density at radius 1 is 1.40 bits per heavy atom. The molecule has 2 heterocycles. The van der Waals surface area contributed by atoms with Gasteiger partial charge in [0.2, 0.25) is 5.43 Å². The van der Waals surface area contributed by atoms with Gasteiger partial charge >= 0.3 is 5.97 Å². The second-order valence-electron chi connectivity index (χ2n) is 7.11. The number of piperidine rings is 1. The zero-order chi connectivity index (χ0) is 17.8. The quantitative estimate of drug-likeness (QED) is 0.678. The molecule has 5 N–H and O–H groups in total. The van der Waals surface area contributed by atoms with Crippen molar-refractivity contribution in [2.24, 2.45) is 5.73 Å². The molecule has 2 fully saturated rings. The molecule has 1 saturated carbocycles. The number of halogens is 1. The minimum Gasteiger partial charge on any atom is -0.477 e. The molecule has 1 unspecified atom stereocenters. The van der Waals surface area contributed by atoms with Crippen LogP contribution in [0.15, 0.2) is 17.1 Å². The van der Waals surface area contributed by atoms with E-state index in [1.54, 1.807) is 0 Å². The van der Waals surface area contributed by atoms with Crippen LogP contribution in [0.3, 0.4) is 0 Å². The van der Waals surface area contributed by atoms with Gasteiger partial charge in [0.05, 0.1) is 5.52 Å². The van der Waals surface area contributed by atoms with Crippen LogP contribution in [0.2, 0.25) is 0 Å². The maximum atomic E-state index is 15.1. The van der Waals surface area contributed by atoms with E-state index in [1.807, 2.05) is 0 Å². The third-order valence-electron chi connectivity index (χ3n) is 5.39. The highest BCUT2D eigenvalue weighted by Crippen LogP contribution is 2.49. The summed E-state index contributed by atoms with van der Waals surface area (Å²) in [6.07, 6.45) is 4.44. The summed E-state index contributed by atoms with van der Waals surface area (Å²) in [4.78, 5) is 26.6. The highest BCUT2D eigenvalue weighted by molar-refractivity contribution is 5.94. The van der Waals surface area contributed by atoms with E-state index >= 15 is 4.39 Å². The second kappa shape index (κ2) is 5.64. The zero-order valence-electron chi connectivity index (χ0n) is 13.7. The predicted molar refractivity (Wildman–Crippen MR) is 91.4 cm³/mol. The zero-order valence-corrected chi connectivity index (χ0v) is 13.7. The van der Waals surface area contributed by atoms with Crippen LogP contribution < -0.4 is 16.5 Å². The summed E-state index contributed by atoms with van der Waals surface area (Å²) in [5.41, 5.74) is 6.38. The molecule has 132 valence electrons. The first-order chi connectivity index (χ1) is 11.9. The number of hydrogen-bond acceptors (Lipinski definition) is 4. The van der Waals surface area contributed by atoms with E-state index in [0.717, 1.165) is 32.2 Å². The number of H-pyrrole nitrogens is 1. The highest BCUT2D eigenvalue weighted by Gasteiger charge is 2.45. The van der Waals surface area contributed by atoms with Gasteiger partial charge < -0.3 is 21.1 Å². The van der Waals surface area contributed by atoms with Gasteiger partial charge in [-0.3, -0.25) is 4.79 Å². The fourth-order valence-corrected chi connectivity index (χ4v) is 3.91. The van der Waals surface area contributed by atoms with Gasteiger partial charge in [0.25, 0.3) is 0 Å². The van der Waals surface area contributed by atoms with Gasteiger partial charge in [-0.2, -0.15) is 0 Å². The number of aromatic carboxylic acids is 1. The smallest absolute Gasteiger partial charge is 0.341 e. The number of carboxylic acids is 1. The lowest BCUT2D eigenvalue weighted by Gasteiger charge is -2.28. The van der Waals surface area contributed by atoms with E-state index < -0.39 is 28.3 Å². The normalized spacial score (nSPS) is 22.1. The highest BCUT2D eigenvalue weighted by atomic mass is 19.1. The number of aromatic amines is 1. The molecule has 1 aromatic heterocycles. The van der Waals surface area contributed by atoms with Crippen LogP contribution in [0, 0.1) is 5.82 Å². The summed E-state index contributed by atoms with van der Waals surface area (Å²) in [5, 5.41) is 12.5. The number of rotatable bonds is 3. The van der Waals surface area contributed by atoms with Crippen molar-refractivity contribution in [1.82, 2.24) is 10.3 Å². The fraction of sp³-hybridized carbons (Fsp3) is 0.444. The number of fused-ring (bicyclic) bond motifs is 1. The number of aromatic nitrogens is 1.